The first-order valence-corrected chi connectivity index (χ1v) is 13.1. The van der Waals surface area contributed by atoms with E-state index in [4.69, 9.17) is 4.74 Å². The number of hydrogen-bond donors (Lipinski definition) is 1. The van der Waals surface area contributed by atoms with Gasteiger partial charge in [0, 0.05) is 12.1 Å². The van der Waals surface area contributed by atoms with Crippen molar-refractivity contribution in [1.29, 1.82) is 0 Å². The van der Waals surface area contributed by atoms with Gasteiger partial charge in [-0.2, -0.15) is 0 Å². The van der Waals surface area contributed by atoms with Gasteiger partial charge >= 0.3 is 5.97 Å². The molecule has 0 aliphatic heterocycles. The second-order valence-electron chi connectivity index (χ2n) is 9.09. The molecule has 1 saturated carbocycles. The number of carbonyl (C=O) groups is 3. The van der Waals surface area contributed by atoms with Crippen molar-refractivity contribution < 1.29 is 19.1 Å². The van der Waals surface area contributed by atoms with Crippen LogP contribution in [0.2, 0.25) is 0 Å². The summed E-state index contributed by atoms with van der Waals surface area (Å²) in [5.41, 5.74) is 4.92. The van der Waals surface area contributed by atoms with Crippen LogP contribution in [0.4, 0.5) is 0 Å². The summed E-state index contributed by atoms with van der Waals surface area (Å²) in [7, 11) is 0. The molecule has 0 unspecified atom stereocenters. The molecule has 1 heterocycles. The summed E-state index contributed by atoms with van der Waals surface area (Å²) < 4.78 is 5.13. The van der Waals surface area contributed by atoms with Crippen LogP contribution in [0.3, 0.4) is 0 Å². The van der Waals surface area contributed by atoms with E-state index in [1.54, 1.807) is 6.92 Å². The first kappa shape index (κ1) is 24.9. The third kappa shape index (κ3) is 6.25. The van der Waals surface area contributed by atoms with Crippen LogP contribution in [0.5, 0.6) is 0 Å². The Morgan fingerprint density at radius 1 is 0.886 bits per heavy atom. The van der Waals surface area contributed by atoms with Gasteiger partial charge in [-0.1, -0.05) is 48.5 Å². The minimum atomic E-state index is -0.0833. The number of nitrogens with one attached hydrogen (secondary N) is 1. The van der Waals surface area contributed by atoms with Gasteiger partial charge in [-0.15, -0.1) is 11.3 Å². The molecule has 1 aromatic heterocycles. The van der Waals surface area contributed by atoms with Crippen molar-refractivity contribution in [3.8, 4) is 22.3 Å². The predicted octanol–water partition coefficient (Wildman–Crippen LogP) is 6.38. The Balaban J connectivity index is 1.30. The summed E-state index contributed by atoms with van der Waals surface area (Å²) in [4.78, 5) is 36.8. The number of Topliss-reactive ketones (excluding diaryl/α,β-unsaturated/α-hetero) is 1. The topological polar surface area (TPSA) is 72.5 Å². The zero-order chi connectivity index (χ0) is 24.8. The van der Waals surface area contributed by atoms with Gasteiger partial charge in [0.05, 0.1) is 17.4 Å². The van der Waals surface area contributed by atoms with Crippen molar-refractivity contribution in [3.63, 3.8) is 0 Å². The van der Waals surface area contributed by atoms with Crippen LogP contribution in [-0.4, -0.2) is 30.8 Å². The lowest BCUT2D eigenvalue weighted by Gasteiger charge is -2.27. The number of esters is 1. The van der Waals surface area contributed by atoms with Crippen LogP contribution < -0.4 is 5.32 Å². The molecule has 182 valence electrons. The van der Waals surface area contributed by atoms with Crippen molar-refractivity contribution in [2.45, 2.75) is 39.5 Å². The number of benzene rings is 2. The van der Waals surface area contributed by atoms with Crippen molar-refractivity contribution in [3.05, 3.63) is 70.4 Å². The van der Waals surface area contributed by atoms with Crippen LogP contribution in [0.25, 0.3) is 22.3 Å². The van der Waals surface area contributed by atoms with Crippen LogP contribution in [0.1, 0.15) is 59.6 Å². The quantitative estimate of drug-likeness (QED) is 0.294. The van der Waals surface area contributed by atoms with E-state index < -0.39 is 0 Å². The van der Waals surface area contributed by atoms with Gasteiger partial charge in [0.15, 0.2) is 5.78 Å². The van der Waals surface area contributed by atoms with Crippen LogP contribution in [0, 0.1) is 11.8 Å². The summed E-state index contributed by atoms with van der Waals surface area (Å²) in [5, 5.41) is 5.09. The summed E-state index contributed by atoms with van der Waals surface area (Å²) in [5.74, 6) is 0.343. The molecule has 1 aliphatic rings. The summed E-state index contributed by atoms with van der Waals surface area (Å²) >= 11 is 1.45. The minimum absolute atomic E-state index is 0.00745. The second-order valence-corrected chi connectivity index (χ2v) is 10.0. The average Bonchev–Trinajstić information content (AvgIpc) is 3.38. The summed E-state index contributed by atoms with van der Waals surface area (Å²) in [6.07, 6.45) is 3.53. The van der Waals surface area contributed by atoms with E-state index in [2.05, 4.69) is 29.6 Å². The first-order valence-electron chi connectivity index (χ1n) is 12.2. The Morgan fingerprint density at radius 3 is 2.03 bits per heavy atom. The molecular weight excluding hydrogens is 458 g/mol. The van der Waals surface area contributed by atoms with Crippen LogP contribution >= 0.6 is 11.3 Å². The molecule has 0 bridgehead atoms. The van der Waals surface area contributed by atoms with Crippen molar-refractivity contribution in [2.24, 2.45) is 11.8 Å². The molecule has 6 heteroatoms. The fraction of sp³-hybridized carbons (Fsp3) is 0.345. The molecule has 1 aliphatic carbocycles. The zero-order valence-electron chi connectivity index (χ0n) is 20.2. The van der Waals surface area contributed by atoms with Gasteiger partial charge in [0.25, 0.3) is 5.91 Å². The number of thiophene rings is 1. The van der Waals surface area contributed by atoms with E-state index in [1.165, 1.54) is 11.3 Å². The van der Waals surface area contributed by atoms with Gasteiger partial charge in [-0.25, -0.2) is 0 Å². The number of amides is 1. The van der Waals surface area contributed by atoms with Gasteiger partial charge < -0.3 is 10.1 Å². The SMILES string of the molecule is CCOC(=O)C1CCC(CNC(=O)c2cc(-c3ccc(-c4ccc(C(C)=O)cc4)cc3)cs2)CC1. The smallest absolute Gasteiger partial charge is 0.308 e. The van der Waals surface area contributed by atoms with Crippen molar-refractivity contribution >= 4 is 29.0 Å². The highest BCUT2D eigenvalue weighted by Gasteiger charge is 2.27. The maximum Gasteiger partial charge on any atom is 0.308 e. The maximum atomic E-state index is 12.7. The van der Waals surface area contributed by atoms with Crippen LogP contribution in [-0.2, 0) is 9.53 Å². The molecule has 2 aromatic carbocycles. The molecule has 1 amide bonds. The lowest BCUT2D eigenvalue weighted by atomic mass is 9.82. The van der Waals surface area contributed by atoms with Gasteiger partial charge in [-0.3, -0.25) is 14.4 Å². The van der Waals surface area contributed by atoms with E-state index in [0.29, 0.717) is 29.5 Å². The van der Waals surface area contributed by atoms with Gasteiger partial charge in [0.2, 0.25) is 0 Å². The molecule has 1 N–H and O–H groups in total. The normalized spacial score (nSPS) is 17.5. The highest BCUT2D eigenvalue weighted by Crippen LogP contribution is 2.31. The number of ketones is 1. The van der Waals surface area contributed by atoms with E-state index in [1.807, 2.05) is 42.6 Å². The molecule has 5 nitrogen and oxygen atoms in total. The van der Waals surface area contributed by atoms with Crippen LogP contribution in [0.15, 0.2) is 60.0 Å². The molecule has 0 radical (unpaired) electrons. The molecule has 0 atom stereocenters. The lowest BCUT2D eigenvalue weighted by Crippen LogP contribution is -2.32. The molecule has 0 spiro atoms. The first-order chi connectivity index (χ1) is 16.9. The highest BCUT2D eigenvalue weighted by molar-refractivity contribution is 7.12. The van der Waals surface area contributed by atoms with E-state index in [0.717, 1.165) is 47.9 Å². The fourth-order valence-corrected chi connectivity index (χ4v) is 5.38. The molecular formula is C29H31NO4S. The third-order valence-electron chi connectivity index (χ3n) is 6.68. The summed E-state index contributed by atoms with van der Waals surface area (Å²) in [6, 6.07) is 17.8. The molecule has 1 fully saturated rings. The number of carbonyl (C=O) groups excluding carboxylic acids is 3. The van der Waals surface area contributed by atoms with E-state index in [-0.39, 0.29) is 23.6 Å². The number of rotatable bonds is 8. The fourth-order valence-electron chi connectivity index (χ4n) is 4.55. The average molecular weight is 490 g/mol. The Kier molecular flexibility index (Phi) is 8.13. The van der Waals surface area contributed by atoms with E-state index >= 15 is 0 Å². The molecule has 0 saturated heterocycles. The maximum absolute atomic E-state index is 12.7. The monoisotopic (exact) mass is 489 g/mol. The Bertz CT molecular complexity index is 1170. The van der Waals surface area contributed by atoms with Crippen molar-refractivity contribution in [1.82, 2.24) is 5.32 Å². The largest absolute Gasteiger partial charge is 0.466 e. The highest BCUT2D eigenvalue weighted by atomic mass is 32.1. The number of hydrogen-bond acceptors (Lipinski definition) is 5. The molecule has 4 rings (SSSR count). The Labute approximate surface area is 210 Å². The molecule has 35 heavy (non-hydrogen) atoms. The Hall–Kier alpha value is -3.25. The van der Waals surface area contributed by atoms with E-state index in [9.17, 15) is 14.4 Å². The van der Waals surface area contributed by atoms with Gasteiger partial charge in [0.1, 0.15) is 0 Å². The second kappa shape index (κ2) is 11.5. The van der Waals surface area contributed by atoms with Gasteiger partial charge in [-0.05, 0) is 79.1 Å². The third-order valence-corrected chi connectivity index (χ3v) is 7.61. The zero-order valence-corrected chi connectivity index (χ0v) is 21.0. The molecule has 3 aromatic rings. The Morgan fingerprint density at radius 2 is 1.46 bits per heavy atom. The summed E-state index contributed by atoms with van der Waals surface area (Å²) in [6.45, 7) is 4.47. The standard InChI is InChI=1S/C29H31NO4S/c1-3-34-29(33)25-6-4-20(5-7-25)17-30-28(32)27-16-26(18-35-27)24-14-12-23(13-15-24)22-10-8-21(9-11-22)19(2)31/h8-16,18,20,25H,3-7,17H2,1-2H3,(H,30,32). The predicted molar refractivity (Wildman–Crippen MR) is 140 cm³/mol. The lowest BCUT2D eigenvalue weighted by molar-refractivity contribution is -0.149. The number of ether oxygens (including phenoxy) is 1. The minimum Gasteiger partial charge on any atom is -0.466 e. The van der Waals surface area contributed by atoms with Crippen molar-refractivity contribution in [2.75, 3.05) is 13.2 Å².